The van der Waals surface area contributed by atoms with E-state index in [4.69, 9.17) is 9.47 Å². The maximum atomic E-state index is 12.4. The van der Waals surface area contributed by atoms with Gasteiger partial charge >= 0.3 is 5.97 Å². The van der Waals surface area contributed by atoms with E-state index in [0.717, 1.165) is 19.3 Å². The average Bonchev–Trinajstić information content (AvgIpc) is 2.59. The second-order valence-corrected chi connectivity index (χ2v) is 6.03. The van der Waals surface area contributed by atoms with Crippen LogP contribution >= 0.6 is 0 Å². The molecule has 0 aromatic heterocycles. The summed E-state index contributed by atoms with van der Waals surface area (Å²) in [6.45, 7) is 1.14. The number of ether oxygens (including phenoxy) is 2. The molecule has 2 N–H and O–H groups in total. The highest BCUT2D eigenvalue weighted by Crippen LogP contribution is 2.25. The van der Waals surface area contributed by atoms with E-state index in [1.807, 2.05) is 0 Å². The summed E-state index contributed by atoms with van der Waals surface area (Å²) in [5.41, 5.74) is 0.481. The molecule has 0 bridgehead atoms. The number of amides is 1. The topological polar surface area (TPSA) is 84.9 Å². The Hall–Kier alpha value is -2.08. The first-order chi connectivity index (χ1) is 11.6. The summed E-state index contributed by atoms with van der Waals surface area (Å²) in [7, 11) is 1.64. The van der Waals surface area contributed by atoms with Crippen molar-refractivity contribution >= 4 is 11.9 Å². The average molecular weight is 335 g/mol. The maximum absolute atomic E-state index is 12.4. The molecule has 1 aliphatic rings. The smallest absolute Gasteiger partial charge is 0.308 e. The van der Waals surface area contributed by atoms with E-state index in [1.165, 1.54) is 0 Å². The summed E-state index contributed by atoms with van der Waals surface area (Å²) in [6, 6.07) is 6.63. The second kappa shape index (κ2) is 9.27. The number of rotatable bonds is 8. The zero-order chi connectivity index (χ0) is 17.4. The number of methoxy groups -OCH3 is 1. The van der Waals surface area contributed by atoms with Crippen molar-refractivity contribution in [2.75, 3.05) is 20.3 Å². The van der Waals surface area contributed by atoms with E-state index in [1.54, 1.807) is 31.4 Å². The lowest BCUT2D eigenvalue weighted by Crippen LogP contribution is -2.45. The van der Waals surface area contributed by atoms with Crippen LogP contribution in [0.3, 0.4) is 0 Å². The molecule has 0 radical (unpaired) electrons. The summed E-state index contributed by atoms with van der Waals surface area (Å²) < 4.78 is 10.6. The molecule has 6 nitrogen and oxygen atoms in total. The number of hydrogen-bond acceptors (Lipinski definition) is 4. The van der Waals surface area contributed by atoms with Gasteiger partial charge in [-0.2, -0.15) is 0 Å². The Bertz CT molecular complexity index is 560. The van der Waals surface area contributed by atoms with Gasteiger partial charge in [0.15, 0.2) is 0 Å². The molecule has 132 valence electrons. The largest absolute Gasteiger partial charge is 0.493 e. The predicted octanol–water partition coefficient (Wildman–Crippen LogP) is 2.48. The van der Waals surface area contributed by atoms with Crippen molar-refractivity contribution in [1.29, 1.82) is 0 Å². The van der Waals surface area contributed by atoms with E-state index in [9.17, 15) is 14.7 Å². The van der Waals surface area contributed by atoms with Crippen molar-refractivity contribution in [3.8, 4) is 5.75 Å². The summed E-state index contributed by atoms with van der Waals surface area (Å²) in [6.07, 6.45) is 3.93. The highest BCUT2D eigenvalue weighted by atomic mass is 16.5. The fourth-order valence-corrected chi connectivity index (χ4v) is 2.97. The molecule has 6 heteroatoms. The van der Waals surface area contributed by atoms with E-state index >= 15 is 0 Å². The fourth-order valence-electron chi connectivity index (χ4n) is 2.97. The molecule has 0 aliphatic heterocycles. The monoisotopic (exact) mass is 335 g/mol. The second-order valence-electron chi connectivity index (χ2n) is 6.03. The maximum Gasteiger partial charge on any atom is 0.308 e. The van der Waals surface area contributed by atoms with Gasteiger partial charge in [0.25, 0.3) is 5.91 Å². The van der Waals surface area contributed by atoms with Crippen LogP contribution < -0.4 is 10.1 Å². The molecule has 0 heterocycles. The van der Waals surface area contributed by atoms with E-state index in [0.29, 0.717) is 37.4 Å². The molecule has 1 aliphatic carbocycles. The lowest BCUT2D eigenvalue weighted by molar-refractivity contribution is -0.143. The van der Waals surface area contributed by atoms with Gasteiger partial charge in [0, 0.05) is 31.7 Å². The zero-order valence-electron chi connectivity index (χ0n) is 14.0. The first kappa shape index (κ1) is 18.3. The third kappa shape index (κ3) is 5.23. The zero-order valence-corrected chi connectivity index (χ0v) is 14.0. The molecule has 2 atom stereocenters. The van der Waals surface area contributed by atoms with Gasteiger partial charge in [-0.05, 0) is 31.0 Å². The number of aliphatic carboxylic acids is 1. The van der Waals surface area contributed by atoms with Crippen molar-refractivity contribution in [3.63, 3.8) is 0 Å². The molecule has 0 unspecified atom stereocenters. The van der Waals surface area contributed by atoms with Crippen molar-refractivity contribution in [1.82, 2.24) is 5.32 Å². The Kier molecular flexibility index (Phi) is 7.06. The number of benzene rings is 1. The summed E-state index contributed by atoms with van der Waals surface area (Å²) >= 11 is 0. The van der Waals surface area contributed by atoms with E-state index in [2.05, 4.69) is 5.32 Å². The van der Waals surface area contributed by atoms with Crippen LogP contribution in [0.2, 0.25) is 0 Å². The van der Waals surface area contributed by atoms with Gasteiger partial charge < -0.3 is 19.9 Å². The minimum atomic E-state index is -0.838. The molecule has 1 aromatic carbocycles. The van der Waals surface area contributed by atoms with Crippen LogP contribution in [0.1, 0.15) is 42.5 Å². The predicted molar refractivity (Wildman–Crippen MR) is 89.3 cm³/mol. The number of carboxylic acid groups (broad SMARTS) is 1. The van der Waals surface area contributed by atoms with Gasteiger partial charge in [0.2, 0.25) is 0 Å². The number of nitrogens with one attached hydrogen (secondary N) is 1. The van der Waals surface area contributed by atoms with Crippen LogP contribution in [0.5, 0.6) is 5.75 Å². The molecule has 1 amide bonds. The van der Waals surface area contributed by atoms with Crippen molar-refractivity contribution in [2.24, 2.45) is 5.92 Å². The van der Waals surface area contributed by atoms with Crippen LogP contribution in [-0.4, -0.2) is 43.3 Å². The molecule has 1 fully saturated rings. The van der Waals surface area contributed by atoms with E-state index in [-0.39, 0.29) is 11.9 Å². The lowest BCUT2D eigenvalue weighted by Gasteiger charge is -2.29. The number of carbonyl (C=O) groups is 2. The SMILES string of the molecule is COCCCOc1cccc(C(=O)N[C@@H]2CCCC[C@@H]2C(=O)O)c1. The minimum Gasteiger partial charge on any atom is -0.493 e. The molecular weight excluding hydrogens is 310 g/mol. The van der Waals surface area contributed by atoms with Crippen LogP contribution in [0, 0.1) is 5.92 Å². The minimum absolute atomic E-state index is 0.254. The molecule has 1 saturated carbocycles. The third-order valence-electron chi connectivity index (χ3n) is 4.26. The van der Waals surface area contributed by atoms with Crippen LogP contribution in [0.15, 0.2) is 24.3 Å². The molecule has 0 spiro atoms. The van der Waals surface area contributed by atoms with Crippen LogP contribution in [0.4, 0.5) is 0 Å². The highest BCUT2D eigenvalue weighted by molar-refractivity contribution is 5.95. The first-order valence-electron chi connectivity index (χ1n) is 8.37. The molecule has 24 heavy (non-hydrogen) atoms. The Balaban J connectivity index is 1.95. The molecule has 0 saturated heterocycles. The normalized spacial score (nSPS) is 20.4. The molecule has 1 aromatic rings. The quantitative estimate of drug-likeness (QED) is 0.713. The summed E-state index contributed by atoms with van der Waals surface area (Å²) in [5.74, 6) is -0.973. The first-order valence-corrected chi connectivity index (χ1v) is 8.37. The third-order valence-corrected chi connectivity index (χ3v) is 4.26. The number of carbonyl (C=O) groups excluding carboxylic acids is 1. The van der Waals surface area contributed by atoms with Gasteiger partial charge in [0.1, 0.15) is 5.75 Å². The number of hydrogen-bond donors (Lipinski definition) is 2. The molecular formula is C18H25NO5. The fraction of sp³-hybridized carbons (Fsp3) is 0.556. The van der Waals surface area contributed by atoms with Crippen molar-refractivity contribution < 1.29 is 24.2 Å². The Morgan fingerprint density at radius 3 is 2.79 bits per heavy atom. The van der Waals surface area contributed by atoms with Crippen LogP contribution in [-0.2, 0) is 9.53 Å². The highest BCUT2D eigenvalue weighted by Gasteiger charge is 2.31. The van der Waals surface area contributed by atoms with Gasteiger partial charge in [-0.15, -0.1) is 0 Å². The Morgan fingerprint density at radius 2 is 2.04 bits per heavy atom. The lowest BCUT2D eigenvalue weighted by atomic mass is 9.84. The standard InChI is InChI=1S/C18H25NO5/c1-23-10-5-11-24-14-7-4-6-13(12-14)17(20)19-16-9-3-2-8-15(16)18(21)22/h4,6-7,12,15-16H,2-3,5,8-11H2,1H3,(H,19,20)(H,21,22)/t15-,16+/m0/s1. The Labute approximate surface area is 142 Å². The van der Waals surface area contributed by atoms with Crippen molar-refractivity contribution in [2.45, 2.75) is 38.1 Å². The van der Waals surface area contributed by atoms with Crippen LogP contribution in [0.25, 0.3) is 0 Å². The number of carboxylic acids is 1. The van der Waals surface area contributed by atoms with E-state index < -0.39 is 11.9 Å². The van der Waals surface area contributed by atoms with Crippen molar-refractivity contribution in [3.05, 3.63) is 29.8 Å². The van der Waals surface area contributed by atoms with Gasteiger partial charge in [-0.1, -0.05) is 18.9 Å². The van der Waals surface area contributed by atoms with Gasteiger partial charge in [-0.3, -0.25) is 9.59 Å². The van der Waals surface area contributed by atoms with Gasteiger partial charge in [-0.25, -0.2) is 0 Å². The summed E-state index contributed by atoms with van der Waals surface area (Å²) in [5, 5.41) is 12.2. The van der Waals surface area contributed by atoms with Gasteiger partial charge in [0.05, 0.1) is 12.5 Å². The Morgan fingerprint density at radius 1 is 1.25 bits per heavy atom. The molecule has 2 rings (SSSR count). The summed E-state index contributed by atoms with van der Waals surface area (Å²) in [4.78, 5) is 23.8.